The molecule has 45 heavy (non-hydrogen) atoms. The Labute approximate surface area is 276 Å². The molecule has 0 aromatic heterocycles. The van der Waals surface area contributed by atoms with Gasteiger partial charge in [0.15, 0.2) is 0 Å². The van der Waals surface area contributed by atoms with Gasteiger partial charge in [-0.1, -0.05) is 118 Å². The van der Waals surface area contributed by atoms with Gasteiger partial charge >= 0.3 is 11.9 Å². The van der Waals surface area contributed by atoms with Crippen LogP contribution < -0.4 is 0 Å². The maximum absolute atomic E-state index is 12.2. The third kappa shape index (κ3) is 26.5. The molecule has 0 saturated heterocycles. The van der Waals surface area contributed by atoms with Gasteiger partial charge in [-0.05, 0) is 52.4 Å². The van der Waals surface area contributed by atoms with Crippen LogP contribution in [0.25, 0.3) is 0 Å². The van der Waals surface area contributed by atoms with Crippen molar-refractivity contribution in [3.63, 3.8) is 0 Å². The van der Waals surface area contributed by atoms with Crippen molar-refractivity contribution in [3.05, 3.63) is 0 Å². The summed E-state index contributed by atoms with van der Waals surface area (Å²) in [6, 6.07) is 0. The fourth-order valence-corrected chi connectivity index (χ4v) is 5.00. The van der Waals surface area contributed by atoms with E-state index in [1.165, 1.54) is 64.2 Å². The van der Waals surface area contributed by atoms with Gasteiger partial charge in [-0.25, -0.2) is 0 Å². The lowest BCUT2D eigenvalue weighted by molar-refractivity contribution is -0.142. The van der Waals surface area contributed by atoms with Crippen LogP contribution in [-0.4, -0.2) is 48.0 Å². The van der Waals surface area contributed by atoms with Crippen LogP contribution >= 0.6 is 0 Å². The van der Waals surface area contributed by atoms with E-state index < -0.39 is 0 Å². The van der Waals surface area contributed by atoms with E-state index in [9.17, 15) is 9.59 Å². The Bertz CT molecular complexity index is 853. The minimum atomic E-state index is -0.268. The molecule has 0 radical (unpaired) electrons. The van der Waals surface area contributed by atoms with Gasteiger partial charge in [0.2, 0.25) is 0 Å². The molecule has 0 bridgehead atoms. The smallest absolute Gasteiger partial charge is 0.306 e. The first-order valence-electron chi connectivity index (χ1n) is 18.2. The van der Waals surface area contributed by atoms with Crippen LogP contribution in [0.4, 0.5) is 0 Å². The van der Waals surface area contributed by atoms with Gasteiger partial charge < -0.3 is 9.47 Å². The van der Waals surface area contributed by atoms with E-state index in [1.54, 1.807) is 0 Å². The second-order valence-electron chi connectivity index (χ2n) is 12.6. The third-order valence-electron chi connectivity index (χ3n) is 7.92. The van der Waals surface area contributed by atoms with Gasteiger partial charge in [-0.3, -0.25) is 9.59 Å². The lowest BCUT2D eigenvalue weighted by atomic mass is 9.91. The van der Waals surface area contributed by atoms with E-state index in [2.05, 4.69) is 55.0 Å². The minimum absolute atomic E-state index is 0.0407. The van der Waals surface area contributed by atoms with E-state index in [0.29, 0.717) is 30.9 Å². The fraction of sp³-hybridized carbons (Fsp3) is 0.838. The van der Waals surface area contributed by atoms with E-state index >= 15 is 0 Å². The van der Waals surface area contributed by atoms with Gasteiger partial charge in [0.25, 0.3) is 0 Å². The molecular weight excluding hydrogens is 564 g/mol. The summed E-state index contributed by atoms with van der Waals surface area (Å²) in [7, 11) is 0. The molecule has 0 aromatic carbocycles. The molecule has 0 fully saturated rings. The number of hydrogen-bond donors (Lipinski definition) is 0. The molecule has 0 aliphatic heterocycles. The normalized spacial score (nSPS) is 12.5. The zero-order valence-electron chi connectivity index (χ0n) is 30.3. The Kier molecular flexibility index (Phi) is 28.7. The molecule has 260 valence electrons. The number of unbranched alkanes of at least 4 members (excludes halogenated alkanes) is 12. The summed E-state index contributed by atoms with van der Waals surface area (Å²) in [6.45, 7) is 14.7. The van der Waals surface area contributed by atoms with Crippen molar-refractivity contribution in [1.82, 2.24) is 0 Å². The van der Waals surface area contributed by atoms with Crippen LogP contribution in [0.3, 0.4) is 0 Å². The molecular formula is C37H68N4O4. The summed E-state index contributed by atoms with van der Waals surface area (Å²) in [5.74, 6) is -0.0489. The monoisotopic (exact) mass is 633 g/mol. The average Bonchev–Trinajstić information content (AvgIpc) is 3.02. The number of rotatable bonds is 29. The van der Waals surface area contributed by atoms with Crippen LogP contribution in [0.1, 0.15) is 183 Å². The predicted octanol–water partition coefficient (Wildman–Crippen LogP) is 10.6. The van der Waals surface area contributed by atoms with E-state index in [0.717, 1.165) is 68.5 Å². The molecule has 0 aliphatic carbocycles. The molecule has 0 atom stereocenters. The van der Waals surface area contributed by atoms with E-state index in [4.69, 9.17) is 9.47 Å². The van der Waals surface area contributed by atoms with Gasteiger partial charge in [-0.2, -0.15) is 20.4 Å². The van der Waals surface area contributed by atoms with Crippen molar-refractivity contribution in [2.24, 2.45) is 26.3 Å². The predicted molar refractivity (Wildman–Crippen MR) is 192 cm³/mol. The van der Waals surface area contributed by atoms with Gasteiger partial charge in [0.05, 0.1) is 0 Å². The van der Waals surface area contributed by atoms with Crippen LogP contribution in [-0.2, 0) is 19.1 Å². The first kappa shape index (κ1) is 42.6. The van der Waals surface area contributed by atoms with Crippen molar-refractivity contribution in [1.29, 1.82) is 0 Å². The summed E-state index contributed by atoms with van der Waals surface area (Å²) in [4.78, 5) is 24.5. The SMILES string of the molecule is CCCCCCC(=O)OCC(COC(=O)CCCCCC)=N/N=C(\C)C/C(C)=N/N=C(\C)C(CCCCCC)CCCCCC. The highest BCUT2D eigenvalue weighted by Gasteiger charge is 2.13. The number of esters is 2. The van der Waals surface area contributed by atoms with E-state index in [-0.39, 0.29) is 25.2 Å². The van der Waals surface area contributed by atoms with Crippen molar-refractivity contribution >= 4 is 34.8 Å². The summed E-state index contributed by atoms with van der Waals surface area (Å²) < 4.78 is 10.9. The molecule has 8 nitrogen and oxygen atoms in total. The molecule has 0 amide bonds. The maximum atomic E-state index is 12.2. The zero-order valence-corrected chi connectivity index (χ0v) is 30.3. The number of carbonyl (C=O) groups excluding carboxylic acids is 2. The van der Waals surface area contributed by atoms with Crippen molar-refractivity contribution in [3.8, 4) is 0 Å². The molecule has 0 spiro atoms. The van der Waals surface area contributed by atoms with Gasteiger partial charge in [0, 0.05) is 36.4 Å². The van der Waals surface area contributed by atoms with E-state index in [1.807, 2.05) is 13.8 Å². The Morgan fingerprint density at radius 2 is 0.911 bits per heavy atom. The third-order valence-corrected chi connectivity index (χ3v) is 7.92. The molecule has 0 aliphatic rings. The van der Waals surface area contributed by atoms with Crippen LogP contribution in [0.15, 0.2) is 20.4 Å². The first-order valence-corrected chi connectivity index (χ1v) is 18.2. The van der Waals surface area contributed by atoms with Crippen LogP contribution in [0, 0.1) is 5.92 Å². The lowest BCUT2D eigenvalue weighted by Gasteiger charge is -2.16. The highest BCUT2D eigenvalue weighted by molar-refractivity contribution is 6.03. The molecule has 0 heterocycles. The highest BCUT2D eigenvalue weighted by atomic mass is 16.5. The Morgan fingerprint density at radius 3 is 1.33 bits per heavy atom. The Morgan fingerprint density at radius 1 is 0.511 bits per heavy atom. The van der Waals surface area contributed by atoms with Crippen LogP contribution in [0.2, 0.25) is 0 Å². The lowest BCUT2D eigenvalue weighted by Crippen LogP contribution is -2.21. The maximum Gasteiger partial charge on any atom is 0.306 e. The molecule has 0 rings (SSSR count). The molecule has 0 unspecified atom stereocenters. The highest BCUT2D eigenvalue weighted by Crippen LogP contribution is 2.20. The number of ether oxygens (including phenoxy) is 2. The fourth-order valence-electron chi connectivity index (χ4n) is 5.00. The van der Waals surface area contributed by atoms with Gasteiger partial charge in [0.1, 0.15) is 18.9 Å². The number of nitrogens with zero attached hydrogens (tertiary/aromatic N) is 4. The van der Waals surface area contributed by atoms with Crippen molar-refractivity contribution in [2.45, 2.75) is 183 Å². The summed E-state index contributed by atoms with van der Waals surface area (Å²) in [5, 5.41) is 17.9. The summed E-state index contributed by atoms with van der Waals surface area (Å²) in [6.07, 6.45) is 21.9. The standard InChI is InChI=1S/C37H68N4O4/c1-8-12-16-20-24-34(25-21-17-13-9-2)33(7)40-38-31(5)28-32(6)39-41-35(29-44-36(42)26-22-18-14-10-3)30-45-37(43)27-23-19-15-11-4/h34H,8-30H2,1-7H3/b38-31+,39-32+,40-33+. The van der Waals surface area contributed by atoms with Gasteiger partial charge in [-0.15, -0.1) is 0 Å². The largest absolute Gasteiger partial charge is 0.459 e. The quantitative estimate of drug-likeness (QED) is 0.0354. The molecule has 0 saturated carbocycles. The first-order chi connectivity index (χ1) is 21.8. The second kappa shape index (κ2) is 30.3. The van der Waals surface area contributed by atoms with Crippen LogP contribution in [0.5, 0.6) is 0 Å². The summed E-state index contributed by atoms with van der Waals surface area (Å²) in [5.41, 5.74) is 3.15. The van der Waals surface area contributed by atoms with Crippen molar-refractivity contribution < 1.29 is 19.1 Å². The second-order valence-corrected chi connectivity index (χ2v) is 12.6. The molecule has 0 aromatic rings. The van der Waals surface area contributed by atoms with Crippen molar-refractivity contribution in [2.75, 3.05) is 13.2 Å². The number of carbonyl (C=O) groups is 2. The average molecular weight is 633 g/mol. The topological polar surface area (TPSA) is 102 Å². The number of hydrogen-bond acceptors (Lipinski definition) is 8. The minimum Gasteiger partial charge on any atom is -0.459 e. The Balaban J connectivity index is 5.33. The molecule has 0 N–H and O–H groups in total. The Hall–Kier alpha value is -2.38. The summed E-state index contributed by atoms with van der Waals surface area (Å²) >= 11 is 0. The molecule has 8 heteroatoms. The zero-order chi connectivity index (χ0) is 33.5.